The normalized spacial score (nSPS) is 14.4. The van der Waals surface area contributed by atoms with Gasteiger partial charge in [0.2, 0.25) is 0 Å². The summed E-state index contributed by atoms with van der Waals surface area (Å²) in [6, 6.07) is 18.2. The molecule has 0 radical (unpaired) electrons. The van der Waals surface area contributed by atoms with Gasteiger partial charge in [0, 0.05) is 14.5 Å². The first kappa shape index (κ1) is 25.2. The molecule has 1 fully saturated rings. The van der Waals surface area contributed by atoms with Crippen LogP contribution in [0.4, 0.5) is 10.5 Å². The average molecular weight is 611 g/mol. The molecule has 0 unspecified atom stereocenters. The van der Waals surface area contributed by atoms with E-state index in [2.05, 4.69) is 43.2 Å². The van der Waals surface area contributed by atoms with Crippen molar-refractivity contribution >= 4 is 61.5 Å². The first-order valence-electron chi connectivity index (χ1n) is 10.5. The lowest BCUT2D eigenvalue weighted by atomic mass is 10.1. The van der Waals surface area contributed by atoms with Crippen molar-refractivity contribution in [1.29, 1.82) is 5.26 Å². The van der Waals surface area contributed by atoms with E-state index in [1.165, 1.54) is 13.2 Å². The van der Waals surface area contributed by atoms with Gasteiger partial charge in [-0.2, -0.15) is 5.26 Å². The molecule has 0 aromatic heterocycles. The number of halogens is 2. The number of rotatable bonds is 6. The summed E-state index contributed by atoms with van der Waals surface area (Å²) in [5, 5.41) is 11.5. The number of imide groups is 2. The highest BCUT2D eigenvalue weighted by Gasteiger charge is 2.37. The van der Waals surface area contributed by atoms with Crippen molar-refractivity contribution in [1.82, 2.24) is 5.32 Å². The molecular formula is C26H17Br2N3O5. The zero-order chi connectivity index (χ0) is 25.8. The van der Waals surface area contributed by atoms with Crippen LogP contribution in [-0.2, 0) is 16.2 Å². The summed E-state index contributed by atoms with van der Waals surface area (Å²) in [5.41, 5.74) is 1.77. The third kappa shape index (κ3) is 5.17. The van der Waals surface area contributed by atoms with Crippen LogP contribution in [0, 0.1) is 11.3 Å². The van der Waals surface area contributed by atoms with Crippen LogP contribution < -0.4 is 19.7 Å². The molecule has 8 nitrogen and oxygen atoms in total. The number of nitrogens with zero attached hydrogens (tertiary/aromatic N) is 2. The Balaban J connectivity index is 1.65. The number of ether oxygens (including phenoxy) is 2. The molecule has 36 heavy (non-hydrogen) atoms. The number of nitriles is 1. The number of methoxy groups -OCH3 is 1. The fraction of sp³-hybridized carbons (Fsp3) is 0.0769. The molecule has 10 heteroatoms. The molecule has 4 rings (SSSR count). The molecule has 0 spiro atoms. The molecule has 0 atom stereocenters. The maximum Gasteiger partial charge on any atom is 0.335 e. The summed E-state index contributed by atoms with van der Waals surface area (Å²) in [5.74, 6) is -0.822. The third-order valence-corrected chi connectivity index (χ3v) is 6.51. The molecule has 0 aliphatic carbocycles. The van der Waals surface area contributed by atoms with E-state index in [4.69, 9.17) is 9.47 Å². The van der Waals surface area contributed by atoms with E-state index in [1.807, 2.05) is 6.07 Å². The van der Waals surface area contributed by atoms with Gasteiger partial charge in [-0.3, -0.25) is 14.9 Å². The summed E-state index contributed by atoms with van der Waals surface area (Å²) in [6.07, 6.45) is 1.37. The highest BCUT2D eigenvalue weighted by Crippen LogP contribution is 2.36. The summed E-state index contributed by atoms with van der Waals surface area (Å²) in [7, 11) is 1.46. The minimum absolute atomic E-state index is 0.137. The van der Waals surface area contributed by atoms with E-state index in [-0.39, 0.29) is 12.2 Å². The number of nitrogens with one attached hydrogen (secondary N) is 1. The Hall–Kier alpha value is -3.94. The molecule has 1 saturated heterocycles. The Morgan fingerprint density at radius 3 is 2.44 bits per heavy atom. The Bertz CT molecular complexity index is 1440. The van der Waals surface area contributed by atoms with Crippen LogP contribution in [0.2, 0.25) is 0 Å². The van der Waals surface area contributed by atoms with E-state index < -0.39 is 17.8 Å². The Labute approximate surface area is 223 Å². The second kappa shape index (κ2) is 10.8. The second-order valence-corrected chi connectivity index (χ2v) is 9.29. The zero-order valence-electron chi connectivity index (χ0n) is 18.7. The van der Waals surface area contributed by atoms with Crippen LogP contribution in [0.3, 0.4) is 0 Å². The van der Waals surface area contributed by atoms with Crippen LogP contribution >= 0.6 is 31.9 Å². The van der Waals surface area contributed by atoms with Gasteiger partial charge in [-0.25, -0.2) is 9.69 Å². The first-order valence-corrected chi connectivity index (χ1v) is 12.1. The molecule has 1 aliphatic heterocycles. The van der Waals surface area contributed by atoms with Gasteiger partial charge in [0.25, 0.3) is 11.8 Å². The van der Waals surface area contributed by atoms with Crippen molar-refractivity contribution in [3.63, 3.8) is 0 Å². The summed E-state index contributed by atoms with van der Waals surface area (Å²) in [4.78, 5) is 39.0. The van der Waals surface area contributed by atoms with Gasteiger partial charge in [0.15, 0.2) is 11.5 Å². The zero-order valence-corrected chi connectivity index (χ0v) is 21.9. The molecular weight excluding hydrogens is 594 g/mol. The minimum Gasteiger partial charge on any atom is -0.493 e. The fourth-order valence-corrected chi connectivity index (χ4v) is 4.18. The lowest BCUT2D eigenvalue weighted by Gasteiger charge is -2.26. The van der Waals surface area contributed by atoms with Gasteiger partial charge in [-0.1, -0.05) is 50.1 Å². The third-order valence-electron chi connectivity index (χ3n) is 5.29. The number of barbiturate groups is 1. The molecule has 0 saturated carbocycles. The van der Waals surface area contributed by atoms with Gasteiger partial charge in [-0.15, -0.1) is 0 Å². The number of carbonyl (C=O) groups excluding carboxylic acids is 3. The molecule has 0 bridgehead atoms. The molecule has 1 N–H and O–H groups in total. The molecule has 3 aromatic carbocycles. The quantitative estimate of drug-likeness (QED) is 0.298. The first-order chi connectivity index (χ1) is 17.3. The predicted molar refractivity (Wildman–Crippen MR) is 139 cm³/mol. The van der Waals surface area contributed by atoms with E-state index in [1.54, 1.807) is 54.6 Å². The molecule has 1 heterocycles. The maximum absolute atomic E-state index is 13.2. The number of urea groups is 1. The minimum atomic E-state index is -0.831. The Morgan fingerprint density at radius 1 is 1.03 bits per heavy atom. The highest BCUT2D eigenvalue weighted by molar-refractivity contribution is 9.10. The average Bonchev–Trinajstić information content (AvgIpc) is 2.87. The summed E-state index contributed by atoms with van der Waals surface area (Å²) >= 11 is 6.76. The van der Waals surface area contributed by atoms with E-state index in [0.29, 0.717) is 38.3 Å². The molecule has 1 aliphatic rings. The van der Waals surface area contributed by atoms with Crippen molar-refractivity contribution in [2.45, 2.75) is 6.61 Å². The van der Waals surface area contributed by atoms with Crippen molar-refractivity contribution in [2.24, 2.45) is 0 Å². The molecule has 180 valence electrons. The van der Waals surface area contributed by atoms with Gasteiger partial charge < -0.3 is 9.47 Å². The molecule has 3 aromatic rings. The van der Waals surface area contributed by atoms with Gasteiger partial charge in [0.05, 0.1) is 24.4 Å². The van der Waals surface area contributed by atoms with Crippen LogP contribution in [0.5, 0.6) is 11.5 Å². The number of carbonyl (C=O) groups is 3. The Morgan fingerprint density at radius 2 is 1.75 bits per heavy atom. The second-order valence-electron chi connectivity index (χ2n) is 7.52. The van der Waals surface area contributed by atoms with E-state index in [0.717, 1.165) is 9.37 Å². The van der Waals surface area contributed by atoms with Crippen molar-refractivity contribution in [2.75, 3.05) is 12.0 Å². The predicted octanol–water partition coefficient (Wildman–Crippen LogP) is 5.34. The largest absolute Gasteiger partial charge is 0.493 e. The number of anilines is 1. The SMILES string of the molecule is COc1cc(/C=C2\C(=O)NC(=O)N(c3ccc(Br)cc3)C2=O)c(Br)cc1OCc1ccccc1C#N. The lowest BCUT2D eigenvalue weighted by molar-refractivity contribution is -0.122. The molecule has 4 amide bonds. The number of benzene rings is 3. The van der Waals surface area contributed by atoms with E-state index in [9.17, 15) is 19.6 Å². The van der Waals surface area contributed by atoms with Crippen molar-refractivity contribution < 1.29 is 23.9 Å². The number of hydrogen-bond acceptors (Lipinski definition) is 6. The summed E-state index contributed by atoms with van der Waals surface area (Å²) in [6.45, 7) is 0.137. The van der Waals surface area contributed by atoms with Gasteiger partial charge in [0.1, 0.15) is 12.2 Å². The Kier molecular flexibility index (Phi) is 7.52. The number of hydrogen-bond donors (Lipinski definition) is 1. The van der Waals surface area contributed by atoms with E-state index >= 15 is 0 Å². The van der Waals surface area contributed by atoms with Crippen LogP contribution in [-0.4, -0.2) is 25.0 Å². The van der Waals surface area contributed by atoms with Crippen LogP contribution in [0.25, 0.3) is 6.08 Å². The maximum atomic E-state index is 13.2. The standard InChI is InChI=1S/C26H17Br2N3O5/c1-35-22-11-17(21(28)12-23(22)36-14-16-5-3-2-4-15(16)13-29)10-20-24(32)30-26(34)31(25(20)33)19-8-6-18(27)7-9-19/h2-12H,14H2,1H3,(H,30,32,34)/b20-10+. The van der Waals surface area contributed by atoms with Crippen molar-refractivity contribution in [3.8, 4) is 17.6 Å². The fourth-order valence-electron chi connectivity index (χ4n) is 3.48. The van der Waals surface area contributed by atoms with Crippen LogP contribution in [0.15, 0.2) is 75.2 Å². The highest BCUT2D eigenvalue weighted by atomic mass is 79.9. The lowest BCUT2D eigenvalue weighted by Crippen LogP contribution is -2.54. The topological polar surface area (TPSA) is 109 Å². The monoisotopic (exact) mass is 609 g/mol. The number of amides is 4. The van der Waals surface area contributed by atoms with Gasteiger partial charge in [-0.05, 0) is 54.1 Å². The smallest absolute Gasteiger partial charge is 0.335 e. The van der Waals surface area contributed by atoms with Gasteiger partial charge >= 0.3 is 6.03 Å². The van der Waals surface area contributed by atoms with Crippen molar-refractivity contribution in [3.05, 3.63) is 91.9 Å². The van der Waals surface area contributed by atoms with Crippen LogP contribution in [0.1, 0.15) is 16.7 Å². The summed E-state index contributed by atoms with van der Waals surface area (Å²) < 4.78 is 12.6.